The van der Waals surface area contributed by atoms with Gasteiger partial charge in [-0.1, -0.05) is 45.7 Å². The number of rotatable bonds is 3. The van der Waals surface area contributed by atoms with Crippen molar-refractivity contribution in [3.8, 4) is 0 Å². The second-order valence-corrected chi connectivity index (χ2v) is 7.19. The number of hydrogen-bond donors (Lipinski definition) is 2. The predicted molar refractivity (Wildman–Crippen MR) is 82.1 cm³/mol. The van der Waals surface area contributed by atoms with Crippen LogP contribution in [0.5, 0.6) is 0 Å². The van der Waals surface area contributed by atoms with Crippen LogP contribution in [0.3, 0.4) is 0 Å². The lowest BCUT2D eigenvalue weighted by Crippen LogP contribution is -2.54. The van der Waals surface area contributed by atoms with Crippen molar-refractivity contribution in [3.05, 3.63) is 35.6 Å². The van der Waals surface area contributed by atoms with Gasteiger partial charge in [0.05, 0.1) is 11.6 Å². The fraction of sp³-hybridized carbons (Fsp3) is 0.588. The van der Waals surface area contributed by atoms with Gasteiger partial charge in [-0.2, -0.15) is 0 Å². The van der Waals surface area contributed by atoms with E-state index in [1.165, 1.54) is 12.1 Å². The molecule has 1 saturated carbocycles. The van der Waals surface area contributed by atoms with E-state index in [9.17, 15) is 9.18 Å². The van der Waals surface area contributed by atoms with E-state index in [0.29, 0.717) is 0 Å². The molecule has 1 aliphatic carbocycles. The Hall–Kier alpha value is -1.42. The molecule has 3 nitrogen and oxygen atoms in total. The summed E-state index contributed by atoms with van der Waals surface area (Å²) in [6.45, 7) is 6.16. The number of nitrogens with one attached hydrogen (secondary N) is 1. The van der Waals surface area contributed by atoms with Crippen molar-refractivity contribution in [2.75, 3.05) is 0 Å². The van der Waals surface area contributed by atoms with Gasteiger partial charge in [0, 0.05) is 0 Å². The normalized spacial score (nSPS) is 19.3. The standard InChI is InChI=1S/C17H25FN2O/c1-16(2,3)14(12-6-8-13(18)9-7-12)20-15(21)17(19)10-4-5-11-17/h6-9,14H,4-5,10-11,19H2,1-3H3,(H,20,21). The summed E-state index contributed by atoms with van der Waals surface area (Å²) in [5.74, 6) is -0.368. The van der Waals surface area contributed by atoms with Gasteiger partial charge < -0.3 is 11.1 Å². The summed E-state index contributed by atoms with van der Waals surface area (Å²) < 4.78 is 13.1. The molecule has 0 heterocycles. The Morgan fingerprint density at radius 3 is 2.24 bits per heavy atom. The van der Waals surface area contributed by atoms with Crippen molar-refractivity contribution in [1.82, 2.24) is 5.32 Å². The molecule has 21 heavy (non-hydrogen) atoms. The van der Waals surface area contributed by atoms with E-state index in [0.717, 1.165) is 31.2 Å². The van der Waals surface area contributed by atoms with Crippen LogP contribution in [0, 0.1) is 11.2 Å². The molecule has 0 aromatic heterocycles. The molecule has 1 fully saturated rings. The first-order valence-corrected chi connectivity index (χ1v) is 7.58. The minimum absolute atomic E-state index is 0.0933. The second kappa shape index (κ2) is 5.76. The molecule has 1 atom stereocenters. The van der Waals surface area contributed by atoms with E-state index < -0.39 is 5.54 Å². The van der Waals surface area contributed by atoms with Crippen LogP contribution < -0.4 is 11.1 Å². The molecule has 0 saturated heterocycles. The molecule has 0 radical (unpaired) electrons. The van der Waals surface area contributed by atoms with Gasteiger partial charge in [-0.3, -0.25) is 4.79 Å². The monoisotopic (exact) mass is 292 g/mol. The summed E-state index contributed by atoms with van der Waals surface area (Å²) in [6.07, 6.45) is 3.47. The van der Waals surface area contributed by atoms with Gasteiger partial charge >= 0.3 is 0 Å². The molecular weight excluding hydrogens is 267 g/mol. The molecule has 0 aliphatic heterocycles. The molecule has 1 amide bonds. The maximum Gasteiger partial charge on any atom is 0.240 e. The minimum Gasteiger partial charge on any atom is -0.347 e. The summed E-state index contributed by atoms with van der Waals surface area (Å²) in [4.78, 5) is 12.6. The average Bonchev–Trinajstić information content (AvgIpc) is 2.84. The number of amides is 1. The summed E-state index contributed by atoms with van der Waals surface area (Å²) in [6, 6.07) is 6.11. The molecule has 0 bridgehead atoms. The Morgan fingerprint density at radius 2 is 1.76 bits per heavy atom. The first-order valence-electron chi connectivity index (χ1n) is 7.58. The van der Waals surface area contributed by atoms with Crippen LogP contribution in [0.4, 0.5) is 4.39 Å². The quantitative estimate of drug-likeness (QED) is 0.898. The van der Waals surface area contributed by atoms with Gasteiger partial charge in [0.1, 0.15) is 5.82 Å². The van der Waals surface area contributed by atoms with Crippen LogP contribution in [0.15, 0.2) is 24.3 Å². The van der Waals surface area contributed by atoms with Crippen LogP contribution in [-0.4, -0.2) is 11.4 Å². The fourth-order valence-electron chi connectivity index (χ4n) is 2.96. The Balaban J connectivity index is 2.21. The van der Waals surface area contributed by atoms with E-state index >= 15 is 0 Å². The molecule has 2 rings (SSSR count). The zero-order valence-corrected chi connectivity index (χ0v) is 13.1. The molecule has 1 aromatic carbocycles. The lowest BCUT2D eigenvalue weighted by atomic mass is 9.81. The van der Waals surface area contributed by atoms with Gasteiger partial charge in [-0.25, -0.2) is 4.39 Å². The third-order valence-electron chi connectivity index (χ3n) is 4.29. The Labute approximate surface area is 126 Å². The topological polar surface area (TPSA) is 55.1 Å². The summed E-state index contributed by atoms with van der Waals surface area (Å²) in [5, 5.41) is 3.09. The smallest absolute Gasteiger partial charge is 0.240 e. The average molecular weight is 292 g/mol. The van der Waals surface area contributed by atoms with Crippen LogP contribution in [-0.2, 0) is 4.79 Å². The highest BCUT2D eigenvalue weighted by atomic mass is 19.1. The molecule has 1 aliphatic rings. The highest BCUT2D eigenvalue weighted by Crippen LogP contribution is 2.35. The predicted octanol–water partition coefficient (Wildman–Crippen LogP) is 3.30. The van der Waals surface area contributed by atoms with Crippen molar-refractivity contribution in [1.29, 1.82) is 0 Å². The lowest BCUT2D eigenvalue weighted by Gasteiger charge is -2.35. The Kier molecular flexibility index (Phi) is 4.38. The number of nitrogens with two attached hydrogens (primary N) is 1. The molecular formula is C17H25FN2O. The van der Waals surface area contributed by atoms with Crippen molar-refractivity contribution in [2.24, 2.45) is 11.1 Å². The summed E-state index contributed by atoms with van der Waals surface area (Å²) in [5.41, 5.74) is 6.20. The van der Waals surface area contributed by atoms with E-state index in [4.69, 9.17) is 5.73 Å². The van der Waals surface area contributed by atoms with E-state index in [2.05, 4.69) is 26.1 Å². The fourth-order valence-corrected chi connectivity index (χ4v) is 2.96. The number of hydrogen-bond acceptors (Lipinski definition) is 2. The number of carbonyl (C=O) groups excluding carboxylic acids is 1. The molecule has 1 unspecified atom stereocenters. The largest absolute Gasteiger partial charge is 0.347 e. The van der Waals surface area contributed by atoms with E-state index in [1.54, 1.807) is 12.1 Å². The molecule has 1 aromatic rings. The van der Waals surface area contributed by atoms with Crippen molar-refractivity contribution in [2.45, 2.75) is 58.0 Å². The van der Waals surface area contributed by atoms with E-state index in [-0.39, 0.29) is 23.2 Å². The van der Waals surface area contributed by atoms with Gasteiger partial charge in [-0.05, 0) is 36.0 Å². The Morgan fingerprint density at radius 1 is 1.24 bits per heavy atom. The first kappa shape index (κ1) is 16.0. The number of carbonyl (C=O) groups is 1. The molecule has 116 valence electrons. The summed E-state index contributed by atoms with van der Waals surface area (Å²) in [7, 11) is 0. The van der Waals surface area contributed by atoms with Gasteiger partial charge in [0.25, 0.3) is 0 Å². The highest BCUT2D eigenvalue weighted by molar-refractivity contribution is 5.86. The lowest BCUT2D eigenvalue weighted by molar-refractivity contribution is -0.127. The van der Waals surface area contributed by atoms with Crippen molar-refractivity contribution in [3.63, 3.8) is 0 Å². The Bertz CT molecular complexity index is 499. The maximum absolute atomic E-state index is 13.1. The van der Waals surface area contributed by atoms with Gasteiger partial charge in [0.15, 0.2) is 0 Å². The highest BCUT2D eigenvalue weighted by Gasteiger charge is 2.39. The summed E-state index contributed by atoms with van der Waals surface area (Å²) >= 11 is 0. The molecule has 4 heteroatoms. The first-order chi connectivity index (χ1) is 9.72. The molecule has 3 N–H and O–H groups in total. The SMILES string of the molecule is CC(C)(C)C(NC(=O)C1(N)CCCC1)c1ccc(F)cc1. The second-order valence-electron chi connectivity index (χ2n) is 7.19. The number of benzene rings is 1. The van der Waals surface area contributed by atoms with Crippen LogP contribution >= 0.6 is 0 Å². The van der Waals surface area contributed by atoms with Gasteiger partial charge in [0.2, 0.25) is 5.91 Å². The third-order valence-corrected chi connectivity index (χ3v) is 4.29. The van der Waals surface area contributed by atoms with Crippen LogP contribution in [0.25, 0.3) is 0 Å². The maximum atomic E-state index is 13.1. The van der Waals surface area contributed by atoms with Gasteiger partial charge in [-0.15, -0.1) is 0 Å². The zero-order valence-electron chi connectivity index (χ0n) is 13.1. The van der Waals surface area contributed by atoms with E-state index in [1.807, 2.05) is 0 Å². The van der Waals surface area contributed by atoms with Crippen LogP contribution in [0.1, 0.15) is 58.1 Å². The van der Waals surface area contributed by atoms with Crippen molar-refractivity contribution >= 4 is 5.91 Å². The zero-order chi connectivity index (χ0) is 15.7. The minimum atomic E-state index is -0.746. The third kappa shape index (κ3) is 3.62. The van der Waals surface area contributed by atoms with Crippen LogP contribution in [0.2, 0.25) is 0 Å². The van der Waals surface area contributed by atoms with Crippen molar-refractivity contribution < 1.29 is 9.18 Å². The number of halogens is 1. The molecule has 0 spiro atoms.